The fraction of sp³-hybridized carbons (Fsp3) is 0.385. The smallest absolute Gasteiger partial charge is 0.261 e. The fourth-order valence-electron chi connectivity index (χ4n) is 4.43. The second-order valence-electron chi connectivity index (χ2n) is 8.64. The lowest BCUT2D eigenvalue weighted by Crippen LogP contribution is -2.41. The highest BCUT2D eigenvalue weighted by atomic mass is 16.5. The summed E-state index contributed by atoms with van der Waals surface area (Å²) in [6.45, 7) is 2.91. The van der Waals surface area contributed by atoms with Crippen molar-refractivity contribution in [2.24, 2.45) is 0 Å². The summed E-state index contributed by atoms with van der Waals surface area (Å²) in [5.74, 6) is 1.39. The maximum Gasteiger partial charge on any atom is 0.261 e. The Morgan fingerprint density at radius 3 is 2.51 bits per heavy atom. The molecule has 5 rings (SSSR count). The van der Waals surface area contributed by atoms with Crippen molar-refractivity contribution in [3.8, 4) is 17.1 Å². The molecule has 1 atom stereocenters. The number of amides is 2. The number of hydrogen-bond acceptors (Lipinski definition) is 7. The Labute approximate surface area is 203 Å². The Kier molecular flexibility index (Phi) is 7.04. The number of likely N-dealkylation sites (tertiary alicyclic amines) is 1. The van der Waals surface area contributed by atoms with Crippen molar-refractivity contribution in [2.45, 2.75) is 25.3 Å². The number of ether oxygens (including phenoxy) is 2. The molecule has 0 spiro atoms. The molecular weight excluding hydrogens is 448 g/mol. The van der Waals surface area contributed by atoms with Crippen LogP contribution in [-0.2, 0) is 9.53 Å². The van der Waals surface area contributed by atoms with E-state index in [0.717, 1.165) is 24.8 Å². The minimum Gasteiger partial charge on any atom is -0.484 e. The number of carbonyl (C=O) groups excluding carboxylic acids is 2. The first kappa shape index (κ1) is 23.0. The van der Waals surface area contributed by atoms with Crippen molar-refractivity contribution >= 4 is 11.8 Å². The van der Waals surface area contributed by atoms with Gasteiger partial charge in [0.15, 0.2) is 6.61 Å². The predicted molar refractivity (Wildman–Crippen MR) is 127 cm³/mol. The van der Waals surface area contributed by atoms with Crippen molar-refractivity contribution in [1.82, 2.24) is 19.9 Å². The van der Waals surface area contributed by atoms with E-state index in [1.54, 1.807) is 21.9 Å². The number of carbonyl (C=O) groups is 2. The van der Waals surface area contributed by atoms with Gasteiger partial charge in [0.05, 0.1) is 13.2 Å². The number of rotatable bonds is 6. The summed E-state index contributed by atoms with van der Waals surface area (Å²) in [6.07, 6.45) is 2.66. The molecule has 182 valence electrons. The first-order valence-corrected chi connectivity index (χ1v) is 12.0. The van der Waals surface area contributed by atoms with Crippen molar-refractivity contribution in [3.05, 3.63) is 66.1 Å². The number of piperidine rings is 1. The van der Waals surface area contributed by atoms with Crippen LogP contribution in [0, 0.1) is 0 Å². The van der Waals surface area contributed by atoms with E-state index in [2.05, 4.69) is 10.1 Å². The molecule has 9 heteroatoms. The summed E-state index contributed by atoms with van der Waals surface area (Å²) >= 11 is 0. The Balaban J connectivity index is 1.25. The fourth-order valence-corrected chi connectivity index (χ4v) is 4.43. The van der Waals surface area contributed by atoms with Crippen molar-refractivity contribution < 1.29 is 23.6 Å². The highest BCUT2D eigenvalue weighted by Gasteiger charge is 2.32. The van der Waals surface area contributed by atoms with Crippen molar-refractivity contribution in [2.75, 3.05) is 39.5 Å². The summed E-state index contributed by atoms with van der Waals surface area (Å²) in [5.41, 5.74) is 1.36. The normalized spacial score (nSPS) is 18.3. The van der Waals surface area contributed by atoms with Gasteiger partial charge < -0.3 is 23.8 Å². The Bertz CT molecular complexity index is 1140. The molecule has 0 saturated carbocycles. The van der Waals surface area contributed by atoms with Gasteiger partial charge in [0.25, 0.3) is 11.8 Å². The molecule has 0 radical (unpaired) electrons. The zero-order valence-electron chi connectivity index (χ0n) is 19.5. The molecule has 2 aromatic carbocycles. The van der Waals surface area contributed by atoms with Crippen molar-refractivity contribution in [1.29, 1.82) is 0 Å². The van der Waals surface area contributed by atoms with Crippen LogP contribution in [0.4, 0.5) is 0 Å². The van der Waals surface area contributed by atoms with Crippen molar-refractivity contribution in [3.63, 3.8) is 0 Å². The van der Waals surface area contributed by atoms with E-state index in [-0.39, 0.29) is 24.5 Å². The molecule has 0 bridgehead atoms. The number of aromatic nitrogens is 2. The number of hydrogen-bond donors (Lipinski definition) is 0. The van der Waals surface area contributed by atoms with Gasteiger partial charge >= 0.3 is 0 Å². The Hall–Kier alpha value is -3.72. The van der Waals surface area contributed by atoms with Crippen LogP contribution in [0.3, 0.4) is 0 Å². The third-order valence-electron chi connectivity index (χ3n) is 6.34. The monoisotopic (exact) mass is 476 g/mol. The molecule has 1 aromatic heterocycles. The molecule has 2 aliphatic heterocycles. The molecule has 35 heavy (non-hydrogen) atoms. The van der Waals surface area contributed by atoms with Gasteiger partial charge in [-0.3, -0.25) is 9.59 Å². The van der Waals surface area contributed by atoms with Gasteiger partial charge in [-0.25, -0.2) is 0 Å². The maximum absolute atomic E-state index is 12.9. The number of nitrogens with zero attached hydrogens (tertiary/aromatic N) is 4. The summed E-state index contributed by atoms with van der Waals surface area (Å²) in [6, 6.07) is 16.2. The Morgan fingerprint density at radius 1 is 0.971 bits per heavy atom. The largest absolute Gasteiger partial charge is 0.484 e. The zero-order chi connectivity index (χ0) is 24.0. The van der Waals surface area contributed by atoms with Gasteiger partial charge in [0.1, 0.15) is 11.8 Å². The van der Waals surface area contributed by atoms with Crippen LogP contribution in [0.5, 0.6) is 5.75 Å². The van der Waals surface area contributed by atoms with E-state index in [0.29, 0.717) is 55.9 Å². The van der Waals surface area contributed by atoms with Gasteiger partial charge in [-0.15, -0.1) is 0 Å². The highest BCUT2D eigenvalue weighted by molar-refractivity contribution is 5.94. The number of benzene rings is 2. The van der Waals surface area contributed by atoms with Crippen LogP contribution >= 0.6 is 0 Å². The Morgan fingerprint density at radius 2 is 1.74 bits per heavy atom. The summed E-state index contributed by atoms with van der Waals surface area (Å²) in [4.78, 5) is 33.8. The molecule has 3 heterocycles. The predicted octanol–water partition coefficient (Wildman–Crippen LogP) is 3.34. The van der Waals surface area contributed by atoms with Gasteiger partial charge in [-0.2, -0.15) is 4.98 Å². The average molecular weight is 477 g/mol. The molecule has 2 amide bonds. The third-order valence-corrected chi connectivity index (χ3v) is 6.34. The molecule has 2 fully saturated rings. The lowest BCUT2D eigenvalue weighted by Gasteiger charge is -2.33. The topological polar surface area (TPSA) is 98.0 Å². The second-order valence-corrected chi connectivity index (χ2v) is 8.64. The zero-order valence-corrected chi connectivity index (χ0v) is 19.5. The van der Waals surface area contributed by atoms with Gasteiger partial charge in [-0.1, -0.05) is 35.5 Å². The summed E-state index contributed by atoms with van der Waals surface area (Å²) in [7, 11) is 0. The van der Waals surface area contributed by atoms with Gasteiger partial charge in [0, 0.05) is 30.8 Å². The summed E-state index contributed by atoms with van der Waals surface area (Å²) < 4.78 is 16.6. The molecule has 0 unspecified atom stereocenters. The minimum atomic E-state index is -0.279. The number of morpholine rings is 1. The first-order chi connectivity index (χ1) is 17.2. The molecule has 9 nitrogen and oxygen atoms in total. The SMILES string of the molecule is O=C(c1ccc(-c2noc([C@H]3CCCCN3C(=O)COc3ccccc3)n2)cc1)N1CCOCC1. The molecule has 0 N–H and O–H groups in total. The molecule has 2 aliphatic rings. The van der Waals surface area contributed by atoms with Crippen LogP contribution in [0.25, 0.3) is 11.4 Å². The second kappa shape index (κ2) is 10.7. The van der Waals surface area contributed by atoms with E-state index < -0.39 is 0 Å². The summed E-state index contributed by atoms with van der Waals surface area (Å²) in [5, 5.41) is 4.15. The molecule has 2 saturated heterocycles. The third kappa shape index (κ3) is 5.35. The lowest BCUT2D eigenvalue weighted by atomic mass is 10.0. The van der Waals surface area contributed by atoms with Crippen LogP contribution in [-0.4, -0.2) is 71.2 Å². The van der Waals surface area contributed by atoms with Gasteiger partial charge in [0.2, 0.25) is 11.7 Å². The number of para-hydroxylation sites is 1. The van der Waals surface area contributed by atoms with Crippen LogP contribution < -0.4 is 4.74 Å². The first-order valence-electron chi connectivity index (χ1n) is 12.0. The van der Waals surface area contributed by atoms with E-state index in [9.17, 15) is 9.59 Å². The van der Waals surface area contributed by atoms with E-state index >= 15 is 0 Å². The van der Waals surface area contributed by atoms with Crippen LogP contribution in [0.2, 0.25) is 0 Å². The molecule has 3 aromatic rings. The van der Waals surface area contributed by atoms with Crippen LogP contribution in [0.15, 0.2) is 59.1 Å². The molecular formula is C26H28N4O5. The minimum absolute atomic E-state index is 0.0114. The van der Waals surface area contributed by atoms with Gasteiger partial charge in [-0.05, 0) is 43.5 Å². The molecule has 0 aliphatic carbocycles. The highest BCUT2D eigenvalue weighted by Crippen LogP contribution is 2.31. The van der Waals surface area contributed by atoms with E-state index in [4.69, 9.17) is 14.0 Å². The standard InChI is InChI=1S/C26H28N4O5/c31-23(18-34-21-6-2-1-3-7-21)30-13-5-4-8-22(30)25-27-24(28-35-25)19-9-11-20(12-10-19)26(32)29-14-16-33-17-15-29/h1-3,6-7,9-12,22H,4-5,8,13-18H2/t22-/m1/s1. The van der Waals surface area contributed by atoms with E-state index in [1.807, 2.05) is 42.5 Å². The lowest BCUT2D eigenvalue weighted by molar-refractivity contribution is -0.138. The average Bonchev–Trinajstić information content (AvgIpc) is 3.43. The maximum atomic E-state index is 12.9. The quantitative estimate of drug-likeness (QED) is 0.538. The van der Waals surface area contributed by atoms with E-state index in [1.165, 1.54) is 0 Å². The van der Waals surface area contributed by atoms with Crippen LogP contribution in [0.1, 0.15) is 41.6 Å².